The molecule has 1 aromatic carbocycles. The molecule has 0 atom stereocenters. The van der Waals surface area contributed by atoms with Crippen molar-refractivity contribution in [2.24, 2.45) is 0 Å². The highest BCUT2D eigenvalue weighted by Crippen LogP contribution is 2.16. The van der Waals surface area contributed by atoms with Crippen LogP contribution in [0.15, 0.2) is 24.3 Å². The van der Waals surface area contributed by atoms with Gasteiger partial charge >= 0.3 is 6.03 Å². The predicted molar refractivity (Wildman–Crippen MR) is 89.3 cm³/mol. The van der Waals surface area contributed by atoms with Crippen molar-refractivity contribution in [3.05, 3.63) is 30.1 Å². The quantitative estimate of drug-likeness (QED) is 0.818. The lowest BCUT2D eigenvalue weighted by atomic mass is 10.2. The first-order valence-corrected chi connectivity index (χ1v) is 8.21. The zero-order valence-corrected chi connectivity index (χ0v) is 13.9. The van der Waals surface area contributed by atoms with Crippen molar-refractivity contribution >= 4 is 11.7 Å². The Morgan fingerprint density at radius 1 is 1.22 bits per heavy atom. The molecule has 1 aliphatic heterocycles. The number of urea groups is 1. The van der Waals surface area contributed by atoms with Crippen LogP contribution in [0.1, 0.15) is 20.3 Å². The van der Waals surface area contributed by atoms with Gasteiger partial charge in [0.2, 0.25) is 0 Å². The second-order valence-corrected chi connectivity index (χ2v) is 5.96. The van der Waals surface area contributed by atoms with Gasteiger partial charge in [-0.25, -0.2) is 9.18 Å². The second-order valence-electron chi connectivity index (χ2n) is 5.96. The zero-order chi connectivity index (χ0) is 16.7. The minimum atomic E-state index is -0.229. The number of hydrogen-bond donors (Lipinski definition) is 1. The van der Waals surface area contributed by atoms with Crippen molar-refractivity contribution in [3.8, 4) is 0 Å². The summed E-state index contributed by atoms with van der Waals surface area (Å²) in [5.41, 5.74) is 0.997. The number of anilines is 1. The van der Waals surface area contributed by atoms with Crippen LogP contribution in [0.25, 0.3) is 0 Å². The van der Waals surface area contributed by atoms with Gasteiger partial charge in [0, 0.05) is 45.0 Å². The number of amides is 2. The highest BCUT2D eigenvalue weighted by molar-refractivity contribution is 5.74. The van der Waals surface area contributed by atoms with Crippen LogP contribution in [-0.2, 0) is 4.74 Å². The van der Waals surface area contributed by atoms with Gasteiger partial charge in [-0.05, 0) is 44.5 Å². The van der Waals surface area contributed by atoms with E-state index >= 15 is 0 Å². The monoisotopic (exact) mass is 323 g/mol. The van der Waals surface area contributed by atoms with Crippen molar-refractivity contribution in [2.75, 3.05) is 44.2 Å². The average Bonchev–Trinajstić information content (AvgIpc) is 2.55. The lowest BCUT2D eigenvalue weighted by Crippen LogP contribution is -2.52. The molecular weight excluding hydrogens is 297 g/mol. The molecule has 0 saturated carbocycles. The third-order valence-electron chi connectivity index (χ3n) is 3.81. The number of piperazine rings is 1. The zero-order valence-electron chi connectivity index (χ0n) is 13.9. The van der Waals surface area contributed by atoms with Crippen molar-refractivity contribution < 1.29 is 13.9 Å². The molecule has 0 unspecified atom stereocenters. The molecule has 1 N–H and O–H groups in total. The molecule has 1 fully saturated rings. The predicted octanol–water partition coefficient (Wildman–Crippen LogP) is 2.47. The molecule has 0 aromatic heterocycles. The smallest absolute Gasteiger partial charge is 0.317 e. The van der Waals surface area contributed by atoms with Gasteiger partial charge < -0.3 is 19.9 Å². The summed E-state index contributed by atoms with van der Waals surface area (Å²) in [5.74, 6) is -0.229. The number of rotatable bonds is 6. The van der Waals surface area contributed by atoms with E-state index < -0.39 is 0 Å². The topological polar surface area (TPSA) is 44.8 Å². The first kappa shape index (κ1) is 17.5. The summed E-state index contributed by atoms with van der Waals surface area (Å²) in [6.07, 6.45) is 1.05. The molecule has 0 aliphatic carbocycles. The van der Waals surface area contributed by atoms with Crippen LogP contribution in [0, 0.1) is 5.82 Å². The molecule has 1 aromatic rings. The molecule has 0 spiro atoms. The first-order valence-electron chi connectivity index (χ1n) is 8.21. The van der Waals surface area contributed by atoms with Gasteiger partial charge in [-0.1, -0.05) is 0 Å². The number of carbonyl (C=O) groups excluding carboxylic acids is 1. The van der Waals surface area contributed by atoms with Crippen molar-refractivity contribution in [1.82, 2.24) is 10.2 Å². The maximum Gasteiger partial charge on any atom is 0.317 e. The van der Waals surface area contributed by atoms with E-state index in [-0.39, 0.29) is 18.0 Å². The first-order chi connectivity index (χ1) is 11.1. The van der Waals surface area contributed by atoms with Crippen LogP contribution in [0.3, 0.4) is 0 Å². The van der Waals surface area contributed by atoms with Gasteiger partial charge in [-0.15, -0.1) is 0 Å². The molecule has 0 bridgehead atoms. The summed E-state index contributed by atoms with van der Waals surface area (Å²) in [6, 6.07) is 6.47. The van der Waals surface area contributed by atoms with Crippen LogP contribution in [-0.4, -0.2) is 56.4 Å². The summed E-state index contributed by atoms with van der Waals surface area (Å²) < 4.78 is 18.4. The van der Waals surface area contributed by atoms with E-state index in [0.29, 0.717) is 26.2 Å². The molecule has 1 heterocycles. The van der Waals surface area contributed by atoms with Gasteiger partial charge in [0.1, 0.15) is 5.82 Å². The van der Waals surface area contributed by atoms with Gasteiger partial charge in [0.05, 0.1) is 6.10 Å². The van der Waals surface area contributed by atoms with Crippen LogP contribution in [0.2, 0.25) is 0 Å². The number of ether oxygens (including phenoxy) is 1. The fraction of sp³-hybridized carbons (Fsp3) is 0.588. The standard InChI is InChI=1S/C17H26FN3O2/c1-14(2)23-13-3-8-19-17(22)21-11-9-20(10-12-21)16-6-4-15(18)5-7-16/h4-7,14H,3,8-13H2,1-2H3,(H,19,22). The molecule has 1 aliphatic rings. The Kier molecular flexibility index (Phi) is 6.65. The Morgan fingerprint density at radius 2 is 1.87 bits per heavy atom. The van der Waals surface area contributed by atoms with Crippen LogP contribution in [0.5, 0.6) is 0 Å². The average molecular weight is 323 g/mol. The van der Waals surface area contributed by atoms with Crippen LogP contribution in [0.4, 0.5) is 14.9 Å². The fourth-order valence-electron chi connectivity index (χ4n) is 2.52. The molecule has 1 saturated heterocycles. The second kappa shape index (κ2) is 8.72. The van der Waals surface area contributed by atoms with Gasteiger partial charge in [0.15, 0.2) is 0 Å². The molecule has 5 nitrogen and oxygen atoms in total. The largest absolute Gasteiger partial charge is 0.379 e. The van der Waals surface area contributed by atoms with Crippen molar-refractivity contribution in [1.29, 1.82) is 0 Å². The van der Waals surface area contributed by atoms with E-state index in [9.17, 15) is 9.18 Å². The molecule has 0 radical (unpaired) electrons. The number of nitrogens with one attached hydrogen (secondary N) is 1. The lowest BCUT2D eigenvalue weighted by Gasteiger charge is -2.36. The minimum Gasteiger partial charge on any atom is -0.379 e. The summed E-state index contributed by atoms with van der Waals surface area (Å²) >= 11 is 0. The van der Waals surface area contributed by atoms with Crippen LogP contribution < -0.4 is 10.2 Å². The number of carbonyl (C=O) groups is 1. The Morgan fingerprint density at radius 3 is 2.48 bits per heavy atom. The van der Waals surface area contributed by atoms with E-state index in [4.69, 9.17) is 4.74 Å². The van der Waals surface area contributed by atoms with E-state index in [1.165, 1.54) is 12.1 Å². The molecular formula is C17H26FN3O2. The van der Waals surface area contributed by atoms with E-state index in [1.54, 1.807) is 12.1 Å². The van der Waals surface area contributed by atoms with Gasteiger partial charge in [-0.2, -0.15) is 0 Å². The molecule has 128 valence electrons. The number of hydrogen-bond acceptors (Lipinski definition) is 3. The minimum absolute atomic E-state index is 0.0201. The lowest BCUT2D eigenvalue weighted by molar-refractivity contribution is 0.0771. The normalized spacial score (nSPS) is 15.1. The molecule has 23 heavy (non-hydrogen) atoms. The van der Waals surface area contributed by atoms with Crippen molar-refractivity contribution in [3.63, 3.8) is 0 Å². The van der Waals surface area contributed by atoms with Crippen LogP contribution >= 0.6 is 0 Å². The van der Waals surface area contributed by atoms with E-state index in [2.05, 4.69) is 10.2 Å². The Balaban J connectivity index is 1.67. The highest BCUT2D eigenvalue weighted by Gasteiger charge is 2.20. The summed E-state index contributed by atoms with van der Waals surface area (Å²) in [5, 5.41) is 2.93. The third kappa shape index (κ3) is 5.71. The van der Waals surface area contributed by atoms with E-state index in [1.807, 2.05) is 18.7 Å². The Bertz CT molecular complexity index is 485. The van der Waals surface area contributed by atoms with Gasteiger partial charge in [-0.3, -0.25) is 0 Å². The maximum atomic E-state index is 13.0. The summed E-state index contributed by atoms with van der Waals surface area (Å²) in [4.78, 5) is 16.1. The Labute approximate surface area is 137 Å². The maximum absolute atomic E-state index is 13.0. The Hall–Kier alpha value is -1.82. The number of halogens is 1. The van der Waals surface area contributed by atoms with E-state index in [0.717, 1.165) is 25.2 Å². The molecule has 2 amide bonds. The number of benzene rings is 1. The molecule has 6 heteroatoms. The summed E-state index contributed by atoms with van der Waals surface area (Å²) in [6.45, 7) is 8.15. The van der Waals surface area contributed by atoms with Gasteiger partial charge in [0.25, 0.3) is 0 Å². The third-order valence-corrected chi connectivity index (χ3v) is 3.81. The SMILES string of the molecule is CC(C)OCCCNC(=O)N1CCN(c2ccc(F)cc2)CC1. The fourth-order valence-corrected chi connectivity index (χ4v) is 2.52. The highest BCUT2D eigenvalue weighted by atomic mass is 19.1. The summed E-state index contributed by atoms with van der Waals surface area (Å²) in [7, 11) is 0. The number of nitrogens with zero attached hydrogens (tertiary/aromatic N) is 2. The molecule has 2 rings (SSSR count). The van der Waals surface area contributed by atoms with Crippen molar-refractivity contribution in [2.45, 2.75) is 26.4 Å².